The van der Waals surface area contributed by atoms with Gasteiger partial charge in [0.05, 0.1) is 0 Å². The lowest BCUT2D eigenvalue weighted by molar-refractivity contribution is -0.137. The summed E-state index contributed by atoms with van der Waals surface area (Å²) in [6.45, 7) is -0.0107. The van der Waals surface area contributed by atoms with E-state index < -0.39 is 30.1 Å². The SMILES string of the molecule is COC(CCCNOC(c1ccccc1)(c1ccccc1)c1ccccc1)OC.O=C(O)CNC(=O)CNC(=O)OCC1c2ccccc2-c2ccccc21. The topological polar surface area (TPSA) is 144 Å². The van der Waals surface area contributed by atoms with Gasteiger partial charge in [-0.2, -0.15) is 0 Å². The number of hydroxylamine groups is 1. The second-order valence-electron chi connectivity index (χ2n) is 12.7. The molecule has 0 atom stereocenters. The number of nitrogens with one attached hydrogen (secondary N) is 3. The van der Waals surface area contributed by atoms with Crippen molar-refractivity contribution in [2.24, 2.45) is 0 Å². The predicted molar refractivity (Wildman–Crippen MR) is 209 cm³/mol. The molecule has 11 nitrogen and oxygen atoms in total. The second kappa shape index (κ2) is 20.6. The van der Waals surface area contributed by atoms with E-state index in [9.17, 15) is 14.4 Å². The van der Waals surface area contributed by atoms with Crippen LogP contribution in [0.1, 0.15) is 46.6 Å². The summed E-state index contributed by atoms with van der Waals surface area (Å²) in [4.78, 5) is 40.1. The van der Waals surface area contributed by atoms with Crippen LogP contribution in [0.25, 0.3) is 11.1 Å². The van der Waals surface area contributed by atoms with E-state index >= 15 is 0 Å². The van der Waals surface area contributed by atoms with Crippen molar-refractivity contribution >= 4 is 18.0 Å². The van der Waals surface area contributed by atoms with Crippen LogP contribution in [0.2, 0.25) is 0 Å². The average Bonchev–Trinajstić information content (AvgIpc) is 3.56. The van der Waals surface area contributed by atoms with Gasteiger partial charge in [0, 0.05) is 26.7 Å². The number of amides is 2. The first-order chi connectivity index (χ1) is 26.9. The number of carboxylic acid groups (broad SMARTS) is 1. The van der Waals surface area contributed by atoms with Crippen LogP contribution in [0.5, 0.6) is 0 Å². The molecule has 0 heterocycles. The van der Waals surface area contributed by atoms with E-state index in [1.165, 1.54) is 0 Å². The highest BCUT2D eigenvalue weighted by Crippen LogP contribution is 2.44. The zero-order chi connectivity index (χ0) is 38.9. The third kappa shape index (κ3) is 10.6. The fourth-order valence-corrected chi connectivity index (χ4v) is 6.57. The number of carbonyl (C=O) groups excluding carboxylic acids is 2. The lowest BCUT2D eigenvalue weighted by Gasteiger charge is -2.35. The van der Waals surface area contributed by atoms with E-state index in [2.05, 4.69) is 52.5 Å². The van der Waals surface area contributed by atoms with Gasteiger partial charge in [-0.3, -0.25) is 14.4 Å². The van der Waals surface area contributed by atoms with Gasteiger partial charge < -0.3 is 30.0 Å². The molecule has 286 valence electrons. The number of aliphatic carboxylic acids is 1. The van der Waals surface area contributed by atoms with Crippen LogP contribution in [0.3, 0.4) is 0 Å². The molecule has 6 rings (SSSR count). The van der Waals surface area contributed by atoms with Crippen molar-refractivity contribution in [3.8, 4) is 11.1 Å². The first-order valence-corrected chi connectivity index (χ1v) is 18.1. The van der Waals surface area contributed by atoms with Crippen molar-refractivity contribution in [1.29, 1.82) is 0 Å². The van der Waals surface area contributed by atoms with Gasteiger partial charge in [-0.1, -0.05) is 140 Å². The molecule has 0 saturated carbocycles. The standard InChI is InChI=1S/C25H29NO3.C19H18N2O5/c1-27-24(28-2)19-12-20-26-29-25(21-13-6-3-7-14-21,22-15-8-4-9-16-22)23-17-10-5-11-18-23;22-17(20-10-18(23)24)9-21-19(25)26-11-16-14-7-3-1-5-12(14)13-6-2-4-8-15(13)16/h3-11,13-18,24,26H,12,19-20H2,1-2H3;1-8,16H,9-11H2,(H,20,22)(H,21,25)(H,23,24). The molecule has 0 bridgehead atoms. The van der Waals surface area contributed by atoms with Crippen LogP contribution in [-0.2, 0) is 34.2 Å². The van der Waals surface area contributed by atoms with Crippen molar-refractivity contribution in [3.63, 3.8) is 0 Å². The van der Waals surface area contributed by atoms with E-state index in [4.69, 9.17) is 24.2 Å². The van der Waals surface area contributed by atoms with Crippen LogP contribution < -0.4 is 16.1 Å². The number of ether oxygens (including phenoxy) is 3. The predicted octanol–water partition coefficient (Wildman–Crippen LogP) is 6.62. The molecule has 2 amide bonds. The largest absolute Gasteiger partial charge is 0.480 e. The van der Waals surface area contributed by atoms with Crippen LogP contribution in [0, 0.1) is 0 Å². The third-order valence-electron chi connectivity index (χ3n) is 9.18. The summed E-state index contributed by atoms with van der Waals surface area (Å²) in [6, 6.07) is 46.9. The lowest BCUT2D eigenvalue weighted by Crippen LogP contribution is -2.39. The van der Waals surface area contributed by atoms with Gasteiger partial charge in [0.2, 0.25) is 5.91 Å². The number of hydrogen-bond acceptors (Lipinski definition) is 8. The number of carbonyl (C=O) groups is 3. The van der Waals surface area contributed by atoms with Crippen molar-refractivity contribution in [2.75, 3.05) is 40.5 Å². The van der Waals surface area contributed by atoms with Gasteiger partial charge in [0.25, 0.3) is 0 Å². The molecule has 5 aromatic carbocycles. The highest BCUT2D eigenvalue weighted by molar-refractivity contribution is 5.85. The number of rotatable bonds is 17. The van der Waals surface area contributed by atoms with Gasteiger partial charge >= 0.3 is 12.1 Å². The van der Waals surface area contributed by atoms with Crippen LogP contribution in [-0.4, -0.2) is 69.8 Å². The Morgan fingerprint density at radius 3 is 1.60 bits per heavy atom. The summed E-state index contributed by atoms with van der Waals surface area (Å²) in [5.41, 5.74) is 10.1. The first-order valence-electron chi connectivity index (χ1n) is 18.1. The number of fused-ring (bicyclic) bond motifs is 3. The van der Waals surface area contributed by atoms with Gasteiger partial charge in [-0.15, -0.1) is 0 Å². The minimum Gasteiger partial charge on any atom is -0.480 e. The summed E-state index contributed by atoms with van der Waals surface area (Å²) in [7, 11) is 3.31. The summed E-state index contributed by atoms with van der Waals surface area (Å²) in [6.07, 6.45) is 0.732. The van der Waals surface area contributed by atoms with E-state index in [1.807, 2.05) is 103 Å². The molecule has 0 saturated heterocycles. The number of carboxylic acids is 1. The number of benzene rings is 5. The molecule has 0 fully saturated rings. The highest BCUT2D eigenvalue weighted by Gasteiger charge is 2.38. The number of alkyl carbamates (subject to hydrolysis) is 1. The maximum absolute atomic E-state index is 11.8. The Kier molecular flexibility index (Phi) is 15.1. The highest BCUT2D eigenvalue weighted by atomic mass is 16.7. The van der Waals surface area contributed by atoms with Crippen LogP contribution in [0.4, 0.5) is 4.79 Å². The monoisotopic (exact) mass is 745 g/mol. The minimum absolute atomic E-state index is 0.0611. The Labute approximate surface area is 321 Å². The lowest BCUT2D eigenvalue weighted by atomic mass is 9.80. The third-order valence-corrected chi connectivity index (χ3v) is 9.18. The first kappa shape index (κ1) is 40.3. The quantitative estimate of drug-likeness (QED) is 0.0357. The minimum atomic E-state index is -1.15. The molecule has 5 aromatic rings. The zero-order valence-corrected chi connectivity index (χ0v) is 31.0. The molecule has 0 spiro atoms. The van der Waals surface area contributed by atoms with E-state index in [1.54, 1.807) is 14.2 Å². The van der Waals surface area contributed by atoms with Crippen molar-refractivity contribution in [1.82, 2.24) is 16.1 Å². The fraction of sp³-hybridized carbons (Fsp3) is 0.250. The number of methoxy groups -OCH3 is 2. The van der Waals surface area contributed by atoms with E-state index in [-0.39, 0.29) is 25.4 Å². The molecular formula is C44H47N3O8. The Bertz CT molecular complexity index is 1810. The van der Waals surface area contributed by atoms with Crippen LogP contribution in [0.15, 0.2) is 140 Å². The Morgan fingerprint density at radius 1 is 0.655 bits per heavy atom. The fourth-order valence-electron chi connectivity index (χ4n) is 6.57. The maximum Gasteiger partial charge on any atom is 0.407 e. The Hall–Kier alpha value is -5.85. The number of hydrogen-bond donors (Lipinski definition) is 4. The average molecular weight is 746 g/mol. The summed E-state index contributed by atoms with van der Waals surface area (Å²) >= 11 is 0. The van der Waals surface area contributed by atoms with Gasteiger partial charge in [-0.25, -0.2) is 10.3 Å². The molecule has 4 N–H and O–H groups in total. The van der Waals surface area contributed by atoms with Crippen molar-refractivity contribution < 1.29 is 38.5 Å². The molecule has 0 radical (unpaired) electrons. The maximum atomic E-state index is 11.8. The Morgan fingerprint density at radius 2 is 1.13 bits per heavy atom. The van der Waals surface area contributed by atoms with Gasteiger partial charge in [0.15, 0.2) is 11.9 Å². The molecule has 1 aliphatic rings. The summed E-state index contributed by atoms with van der Waals surface area (Å²) in [5.74, 6) is -1.81. The van der Waals surface area contributed by atoms with Gasteiger partial charge in [0.1, 0.15) is 19.7 Å². The Balaban J connectivity index is 0.000000212. The molecule has 0 unspecified atom stereocenters. The summed E-state index contributed by atoms with van der Waals surface area (Å²) < 4.78 is 15.8. The molecule has 0 aliphatic heterocycles. The van der Waals surface area contributed by atoms with Crippen molar-refractivity contribution in [3.05, 3.63) is 167 Å². The molecular weight excluding hydrogens is 698 g/mol. The van der Waals surface area contributed by atoms with Crippen LogP contribution >= 0.6 is 0 Å². The van der Waals surface area contributed by atoms with Gasteiger partial charge in [-0.05, 0) is 51.8 Å². The zero-order valence-electron chi connectivity index (χ0n) is 31.0. The molecule has 55 heavy (non-hydrogen) atoms. The molecule has 0 aromatic heterocycles. The van der Waals surface area contributed by atoms with E-state index in [0.717, 1.165) is 51.8 Å². The molecule has 1 aliphatic carbocycles. The summed E-state index contributed by atoms with van der Waals surface area (Å²) in [5, 5.41) is 12.9. The normalized spacial score (nSPS) is 11.8. The molecule has 11 heteroatoms. The van der Waals surface area contributed by atoms with E-state index in [0.29, 0.717) is 6.54 Å². The van der Waals surface area contributed by atoms with Crippen molar-refractivity contribution in [2.45, 2.75) is 30.7 Å². The smallest absolute Gasteiger partial charge is 0.407 e. The second-order valence-corrected chi connectivity index (χ2v) is 12.7.